The standard InChI is InChI=1S/C9H16O/c1-7(2)8-5-6-9(3,4)10-8/h5-8H,1-4H3. The Labute approximate surface area is 63.1 Å². The third-order valence-electron chi connectivity index (χ3n) is 1.78. The van der Waals surface area contributed by atoms with E-state index in [9.17, 15) is 0 Å². The Morgan fingerprint density at radius 1 is 1.40 bits per heavy atom. The molecule has 1 aliphatic rings. The maximum Gasteiger partial charge on any atom is 0.0815 e. The van der Waals surface area contributed by atoms with Gasteiger partial charge in [0, 0.05) is 0 Å². The van der Waals surface area contributed by atoms with Crippen LogP contribution in [0.15, 0.2) is 12.2 Å². The first-order valence-corrected chi connectivity index (χ1v) is 3.88. The molecule has 0 saturated carbocycles. The van der Waals surface area contributed by atoms with Gasteiger partial charge in [-0.2, -0.15) is 0 Å². The first kappa shape index (κ1) is 7.80. The van der Waals surface area contributed by atoms with Crippen LogP contribution in [0.5, 0.6) is 0 Å². The van der Waals surface area contributed by atoms with Crippen LogP contribution < -0.4 is 0 Å². The van der Waals surface area contributed by atoms with Crippen LogP contribution in [-0.2, 0) is 4.74 Å². The van der Waals surface area contributed by atoms with Crippen molar-refractivity contribution in [3.05, 3.63) is 12.2 Å². The second-order valence-corrected chi connectivity index (χ2v) is 3.79. The van der Waals surface area contributed by atoms with Crippen LogP contribution in [0.4, 0.5) is 0 Å². The summed E-state index contributed by atoms with van der Waals surface area (Å²) in [5.41, 5.74) is -0.0328. The molecule has 0 radical (unpaired) electrons. The predicted octanol–water partition coefficient (Wildman–Crippen LogP) is 2.38. The molecule has 1 heterocycles. The second-order valence-electron chi connectivity index (χ2n) is 3.79. The molecule has 0 aliphatic carbocycles. The third-order valence-corrected chi connectivity index (χ3v) is 1.78. The van der Waals surface area contributed by atoms with Gasteiger partial charge in [-0.1, -0.05) is 26.0 Å². The Morgan fingerprint density at radius 2 is 2.00 bits per heavy atom. The van der Waals surface area contributed by atoms with Crippen LogP contribution in [0, 0.1) is 5.92 Å². The largest absolute Gasteiger partial charge is 0.364 e. The summed E-state index contributed by atoms with van der Waals surface area (Å²) in [6, 6.07) is 0. The highest BCUT2D eigenvalue weighted by atomic mass is 16.5. The Hall–Kier alpha value is -0.300. The Kier molecular flexibility index (Phi) is 1.86. The summed E-state index contributed by atoms with van der Waals surface area (Å²) in [7, 11) is 0. The molecule has 0 aromatic carbocycles. The zero-order chi connectivity index (χ0) is 7.78. The molecule has 0 spiro atoms. The van der Waals surface area contributed by atoms with Gasteiger partial charge in [0.25, 0.3) is 0 Å². The molecule has 0 aromatic heterocycles. The molecule has 0 amide bonds. The summed E-state index contributed by atoms with van der Waals surface area (Å²) >= 11 is 0. The molecule has 1 atom stereocenters. The fourth-order valence-corrected chi connectivity index (χ4v) is 1.11. The molecule has 58 valence electrons. The van der Waals surface area contributed by atoms with Gasteiger partial charge >= 0.3 is 0 Å². The van der Waals surface area contributed by atoms with E-state index in [-0.39, 0.29) is 5.60 Å². The molecule has 10 heavy (non-hydrogen) atoms. The van der Waals surface area contributed by atoms with Gasteiger partial charge in [-0.05, 0) is 19.8 Å². The monoisotopic (exact) mass is 140 g/mol. The van der Waals surface area contributed by atoms with Gasteiger partial charge in [-0.25, -0.2) is 0 Å². The van der Waals surface area contributed by atoms with E-state index >= 15 is 0 Å². The number of rotatable bonds is 1. The van der Waals surface area contributed by atoms with Gasteiger partial charge < -0.3 is 4.74 Å². The van der Waals surface area contributed by atoms with Crippen molar-refractivity contribution in [2.75, 3.05) is 0 Å². The minimum absolute atomic E-state index is 0.0328. The maximum absolute atomic E-state index is 5.70. The highest BCUT2D eigenvalue weighted by Gasteiger charge is 2.27. The number of ether oxygens (including phenoxy) is 1. The van der Waals surface area contributed by atoms with E-state index in [2.05, 4.69) is 39.8 Å². The lowest BCUT2D eigenvalue weighted by Crippen LogP contribution is -2.23. The van der Waals surface area contributed by atoms with Gasteiger partial charge in [-0.3, -0.25) is 0 Å². The number of hydrogen-bond acceptors (Lipinski definition) is 1. The lowest BCUT2D eigenvalue weighted by atomic mass is 10.1. The van der Waals surface area contributed by atoms with Crippen LogP contribution in [0.3, 0.4) is 0 Å². The lowest BCUT2D eigenvalue weighted by molar-refractivity contribution is -0.0181. The van der Waals surface area contributed by atoms with Crippen LogP contribution in [0.25, 0.3) is 0 Å². The maximum atomic E-state index is 5.70. The highest BCUT2D eigenvalue weighted by Crippen LogP contribution is 2.25. The third kappa shape index (κ3) is 1.60. The van der Waals surface area contributed by atoms with Crippen molar-refractivity contribution in [2.45, 2.75) is 39.4 Å². The van der Waals surface area contributed by atoms with Crippen molar-refractivity contribution in [3.8, 4) is 0 Å². The minimum atomic E-state index is -0.0328. The average molecular weight is 140 g/mol. The summed E-state index contributed by atoms with van der Waals surface area (Å²) in [5.74, 6) is 0.595. The summed E-state index contributed by atoms with van der Waals surface area (Å²) in [4.78, 5) is 0. The van der Waals surface area contributed by atoms with E-state index in [1.165, 1.54) is 0 Å². The van der Waals surface area contributed by atoms with Crippen LogP contribution in [0.1, 0.15) is 27.7 Å². The second kappa shape index (κ2) is 2.39. The van der Waals surface area contributed by atoms with Gasteiger partial charge in [0.15, 0.2) is 0 Å². The van der Waals surface area contributed by atoms with Gasteiger partial charge in [0.05, 0.1) is 11.7 Å². The summed E-state index contributed by atoms with van der Waals surface area (Å²) < 4.78 is 5.70. The SMILES string of the molecule is CC(C)C1C=CC(C)(C)O1. The zero-order valence-electron chi connectivity index (χ0n) is 7.22. The molecule has 1 aliphatic heterocycles. The molecule has 1 rings (SSSR count). The van der Waals surface area contributed by atoms with E-state index in [1.54, 1.807) is 0 Å². The molecule has 0 fully saturated rings. The van der Waals surface area contributed by atoms with E-state index in [0.29, 0.717) is 12.0 Å². The van der Waals surface area contributed by atoms with Gasteiger partial charge in [0.2, 0.25) is 0 Å². The average Bonchev–Trinajstić information content (AvgIpc) is 2.10. The highest BCUT2D eigenvalue weighted by molar-refractivity contribution is 5.08. The Balaban J connectivity index is 2.54. The molecule has 0 N–H and O–H groups in total. The zero-order valence-corrected chi connectivity index (χ0v) is 7.22. The van der Waals surface area contributed by atoms with Crippen molar-refractivity contribution >= 4 is 0 Å². The fourth-order valence-electron chi connectivity index (χ4n) is 1.11. The molecule has 1 nitrogen and oxygen atoms in total. The van der Waals surface area contributed by atoms with E-state index < -0.39 is 0 Å². The van der Waals surface area contributed by atoms with Crippen LogP contribution in [0.2, 0.25) is 0 Å². The van der Waals surface area contributed by atoms with Crippen molar-refractivity contribution in [1.82, 2.24) is 0 Å². The molecule has 1 unspecified atom stereocenters. The molecule has 1 heteroatoms. The van der Waals surface area contributed by atoms with E-state index in [1.807, 2.05) is 0 Å². The molecular weight excluding hydrogens is 124 g/mol. The Morgan fingerprint density at radius 3 is 2.20 bits per heavy atom. The minimum Gasteiger partial charge on any atom is -0.364 e. The van der Waals surface area contributed by atoms with Crippen molar-refractivity contribution < 1.29 is 4.74 Å². The molecule has 0 bridgehead atoms. The van der Waals surface area contributed by atoms with Crippen LogP contribution in [-0.4, -0.2) is 11.7 Å². The predicted molar refractivity (Wildman–Crippen MR) is 42.9 cm³/mol. The van der Waals surface area contributed by atoms with Crippen molar-refractivity contribution in [1.29, 1.82) is 0 Å². The first-order chi connectivity index (χ1) is 4.51. The van der Waals surface area contributed by atoms with Gasteiger partial charge in [0.1, 0.15) is 0 Å². The summed E-state index contributed by atoms with van der Waals surface area (Å²) in [5, 5.41) is 0. The van der Waals surface area contributed by atoms with E-state index in [0.717, 1.165) is 0 Å². The molecular formula is C9H16O. The number of hydrogen-bond donors (Lipinski definition) is 0. The molecule has 0 saturated heterocycles. The quantitative estimate of drug-likeness (QED) is 0.508. The summed E-state index contributed by atoms with van der Waals surface area (Å²) in [6.45, 7) is 8.53. The first-order valence-electron chi connectivity index (χ1n) is 3.88. The smallest absolute Gasteiger partial charge is 0.0815 e. The normalized spacial score (nSPS) is 29.9. The van der Waals surface area contributed by atoms with E-state index in [4.69, 9.17) is 4.74 Å². The Bertz CT molecular complexity index is 145. The van der Waals surface area contributed by atoms with Gasteiger partial charge in [-0.15, -0.1) is 0 Å². The van der Waals surface area contributed by atoms with Crippen LogP contribution >= 0.6 is 0 Å². The molecule has 0 aromatic rings. The fraction of sp³-hybridized carbons (Fsp3) is 0.778. The van der Waals surface area contributed by atoms with Crippen molar-refractivity contribution in [2.24, 2.45) is 5.92 Å². The topological polar surface area (TPSA) is 9.23 Å². The van der Waals surface area contributed by atoms with Crippen molar-refractivity contribution in [3.63, 3.8) is 0 Å². The summed E-state index contributed by atoms with van der Waals surface area (Å²) in [6.07, 6.45) is 4.62. The lowest BCUT2D eigenvalue weighted by Gasteiger charge is -2.21.